The normalized spacial score (nSPS) is 12.9. The lowest BCUT2D eigenvalue weighted by molar-refractivity contribution is 0.608. The van der Waals surface area contributed by atoms with Crippen molar-refractivity contribution in [3.05, 3.63) is 52.6 Å². The molecular formula is C20H30FN5. The van der Waals surface area contributed by atoms with E-state index < -0.39 is 0 Å². The largest absolute Gasteiger partial charge is 0.357 e. The van der Waals surface area contributed by atoms with Crippen LogP contribution in [0.2, 0.25) is 0 Å². The summed E-state index contributed by atoms with van der Waals surface area (Å²) in [4.78, 5) is 4.59. The quantitative estimate of drug-likeness (QED) is 0.590. The number of aliphatic imine (C=N–C) groups is 1. The smallest absolute Gasteiger partial charge is 0.191 e. The molecule has 0 fully saturated rings. The topological polar surface area (TPSA) is 54.2 Å². The Labute approximate surface area is 155 Å². The van der Waals surface area contributed by atoms with Crippen LogP contribution in [0.25, 0.3) is 0 Å². The zero-order valence-corrected chi connectivity index (χ0v) is 16.4. The SMILES string of the molecule is CCNC(=NCCc1ccccc1F)NC(C)Cc1c(C)nn(C)c1C. The lowest BCUT2D eigenvalue weighted by atomic mass is 10.1. The van der Waals surface area contributed by atoms with Crippen LogP contribution < -0.4 is 10.6 Å². The summed E-state index contributed by atoms with van der Waals surface area (Å²) in [6, 6.07) is 7.07. The van der Waals surface area contributed by atoms with Crippen LogP contribution in [0.3, 0.4) is 0 Å². The fourth-order valence-electron chi connectivity index (χ4n) is 3.01. The maximum atomic E-state index is 13.7. The molecule has 1 aromatic carbocycles. The number of nitrogens with zero attached hydrogens (tertiary/aromatic N) is 3. The lowest BCUT2D eigenvalue weighted by Gasteiger charge is -2.18. The third kappa shape index (κ3) is 5.31. The summed E-state index contributed by atoms with van der Waals surface area (Å²) in [7, 11) is 1.97. The monoisotopic (exact) mass is 359 g/mol. The van der Waals surface area contributed by atoms with Crippen LogP contribution in [0, 0.1) is 19.7 Å². The number of benzene rings is 1. The Balaban J connectivity index is 1.96. The van der Waals surface area contributed by atoms with Crippen molar-refractivity contribution in [1.82, 2.24) is 20.4 Å². The Morgan fingerprint density at radius 3 is 2.65 bits per heavy atom. The lowest BCUT2D eigenvalue weighted by Crippen LogP contribution is -2.43. The minimum atomic E-state index is -0.170. The molecule has 0 aliphatic carbocycles. The number of hydrogen-bond acceptors (Lipinski definition) is 2. The molecule has 6 heteroatoms. The maximum absolute atomic E-state index is 13.7. The molecular weight excluding hydrogens is 329 g/mol. The van der Waals surface area contributed by atoms with Gasteiger partial charge in [-0.1, -0.05) is 18.2 Å². The molecule has 1 unspecified atom stereocenters. The van der Waals surface area contributed by atoms with Crippen LogP contribution in [0.5, 0.6) is 0 Å². The minimum Gasteiger partial charge on any atom is -0.357 e. The molecule has 0 radical (unpaired) electrons. The van der Waals surface area contributed by atoms with Gasteiger partial charge in [0.1, 0.15) is 5.82 Å². The van der Waals surface area contributed by atoms with Crippen LogP contribution in [-0.2, 0) is 19.9 Å². The Kier molecular flexibility index (Phi) is 7.18. The molecule has 5 nitrogen and oxygen atoms in total. The third-order valence-corrected chi connectivity index (χ3v) is 4.51. The van der Waals surface area contributed by atoms with Gasteiger partial charge in [0.25, 0.3) is 0 Å². The Hall–Kier alpha value is -2.37. The van der Waals surface area contributed by atoms with Gasteiger partial charge >= 0.3 is 0 Å². The van der Waals surface area contributed by atoms with Crippen LogP contribution >= 0.6 is 0 Å². The summed E-state index contributed by atoms with van der Waals surface area (Å²) in [6.45, 7) is 9.62. The molecule has 0 spiro atoms. The van der Waals surface area contributed by atoms with Crippen LogP contribution in [0.15, 0.2) is 29.3 Å². The first-order chi connectivity index (χ1) is 12.4. The number of halogens is 1. The van der Waals surface area contributed by atoms with Gasteiger partial charge in [0.2, 0.25) is 0 Å². The number of aryl methyl sites for hydroxylation is 2. The van der Waals surface area contributed by atoms with Crippen molar-refractivity contribution in [2.24, 2.45) is 12.0 Å². The highest BCUT2D eigenvalue weighted by Gasteiger charge is 2.14. The molecule has 2 N–H and O–H groups in total. The second kappa shape index (κ2) is 9.36. The van der Waals surface area contributed by atoms with Gasteiger partial charge in [-0.2, -0.15) is 5.10 Å². The number of rotatable bonds is 7. The Morgan fingerprint density at radius 2 is 2.04 bits per heavy atom. The van der Waals surface area contributed by atoms with E-state index in [1.54, 1.807) is 6.07 Å². The molecule has 1 aromatic heterocycles. The van der Waals surface area contributed by atoms with Gasteiger partial charge in [0.05, 0.1) is 5.69 Å². The van der Waals surface area contributed by atoms with Crippen molar-refractivity contribution >= 4 is 5.96 Å². The van der Waals surface area contributed by atoms with Gasteiger partial charge in [-0.25, -0.2) is 4.39 Å². The maximum Gasteiger partial charge on any atom is 0.191 e. The summed E-state index contributed by atoms with van der Waals surface area (Å²) >= 11 is 0. The van der Waals surface area contributed by atoms with E-state index in [0.29, 0.717) is 18.5 Å². The molecule has 26 heavy (non-hydrogen) atoms. The molecule has 0 aliphatic heterocycles. The second-order valence-corrected chi connectivity index (χ2v) is 6.62. The predicted molar refractivity (Wildman–Crippen MR) is 105 cm³/mol. The van der Waals surface area contributed by atoms with Crippen molar-refractivity contribution in [1.29, 1.82) is 0 Å². The van der Waals surface area contributed by atoms with E-state index in [-0.39, 0.29) is 11.9 Å². The number of hydrogen-bond donors (Lipinski definition) is 2. The van der Waals surface area contributed by atoms with Gasteiger partial charge in [-0.05, 0) is 57.7 Å². The molecule has 0 saturated heterocycles. The molecule has 2 aromatic rings. The van der Waals surface area contributed by atoms with Crippen molar-refractivity contribution in [2.75, 3.05) is 13.1 Å². The molecule has 2 rings (SSSR count). The average molecular weight is 359 g/mol. The molecule has 1 heterocycles. The minimum absolute atomic E-state index is 0.170. The summed E-state index contributed by atoms with van der Waals surface area (Å²) in [6.07, 6.45) is 1.46. The number of guanidine groups is 1. The van der Waals surface area contributed by atoms with E-state index in [0.717, 1.165) is 24.6 Å². The van der Waals surface area contributed by atoms with Crippen molar-refractivity contribution in [3.63, 3.8) is 0 Å². The van der Waals surface area contributed by atoms with Crippen molar-refractivity contribution < 1.29 is 4.39 Å². The van der Waals surface area contributed by atoms with E-state index in [9.17, 15) is 4.39 Å². The van der Waals surface area contributed by atoms with E-state index in [2.05, 4.69) is 34.6 Å². The summed E-state index contributed by atoms with van der Waals surface area (Å²) < 4.78 is 15.6. The first kappa shape index (κ1) is 19.9. The average Bonchev–Trinajstić information content (AvgIpc) is 2.83. The Bertz CT molecular complexity index is 751. The van der Waals surface area contributed by atoms with E-state index in [1.165, 1.54) is 17.3 Å². The fraction of sp³-hybridized carbons (Fsp3) is 0.500. The molecule has 142 valence electrons. The van der Waals surface area contributed by atoms with Gasteiger partial charge in [0.15, 0.2) is 5.96 Å². The van der Waals surface area contributed by atoms with Crippen LogP contribution in [0.4, 0.5) is 4.39 Å². The van der Waals surface area contributed by atoms with Gasteiger partial charge in [-0.15, -0.1) is 0 Å². The highest BCUT2D eigenvalue weighted by Crippen LogP contribution is 2.14. The van der Waals surface area contributed by atoms with Crippen molar-refractivity contribution in [2.45, 2.75) is 46.6 Å². The van der Waals surface area contributed by atoms with Gasteiger partial charge < -0.3 is 10.6 Å². The van der Waals surface area contributed by atoms with Gasteiger partial charge in [-0.3, -0.25) is 9.67 Å². The van der Waals surface area contributed by atoms with E-state index in [1.807, 2.05) is 37.7 Å². The molecule has 0 saturated carbocycles. The summed E-state index contributed by atoms with van der Waals surface area (Å²) in [5.74, 6) is 0.590. The predicted octanol–water partition coefficient (Wildman–Crippen LogP) is 2.90. The molecule has 0 aliphatic rings. The van der Waals surface area contributed by atoms with Gasteiger partial charge in [0, 0.05) is 31.9 Å². The standard InChI is InChI=1S/C20H30FN5/c1-6-22-20(23-12-11-17-9-7-8-10-19(17)21)24-14(2)13-18-15(3)25-26(5)16(18)4/h7-10,14H,6,11-13H2,1-5H3,(H2,22,23,24). The van der Waals surface area contributed by atoms with Crippen LogP contribution in [0.1, 0.15) is 36.4 Å². The third-order valence-electron chi connectivity index (χ3n) is 4.51. The zero-order chi connectivity index (χ0) is 19.1. The van der Waals surface area contributed by atoms with Crippen molar-refractivity contribution in [3.8, 4) is 0 Å². The highest BCUT2D eigenvalue weighted by molar-refractivity contribution is 5.80. The Morgan fingerprint density at radius 1 is 1.31 bits per heavy atom. The number of aromatic nitrogens is 2. The van der Waals surface area contributed by atoms with E-state index >= 15 is 0 Å². The zero-order valence-electron chi connectivity index (χ0n) is 16.4. The van der Waals surface area contributed by atoms with E-state index in [4.69, 9.17) is 0 Å². The highest BCUT2D eigenvalue weighted by atomic mass is 19.1. The summed E-state index contributed by atoms with van der Waals surface area (Å²) in [5.41, 5.74) is 4.23. The number of nitrogens with one attached hydrogen (secondary N) is 2. The summed E-state index contributed by atoms with van der Waals surface area (Å²) in [5, 5.41) is 11.2. The molecule has 0 bridgehead atoms. The first-order valence-electron chi connectivity index (χ1n) is 9.19. The molecule has 1 atom stereocenters. The first-order valence-corrected chi connectivity index (χ1v) is 9.19. The fourth-order valence-corrected chi connectivity index (χ4v) is 3.01. The molecule has 0 amide bonds. The van der Waals surface area contributed by atoms with Crippen LogP contribution in [-0.4, -0.2) is 34.9 Å². The second-order valence-electron chi connectivity index (χ2n) is 6.62.